The third-order valence-electron chi connectivity index (χ3n) is 2.65. The molecule has 106 valence electrons. The van der Waals surface area contributed by atoms with Crippen molar-refractivity contribution in [2.45, 2.75) is 25.7 Å². The summed E-state index contributed by atoms with van der Waals surface area (Å²) in [6.07, 6.45) is 2.93. The lowest BCUT2D eigenvalue weighted by Gasteiger charge is -2.06. The first-order chi connectivity index (χ1) is 9.29. The first-order valence-corrected chi connectivity index (χ1v) is 8.15. The van der Waals surface area contributed by atoms with Gasteiger partial charge in [-0.1, -0.05) is 0 Å². The topological polar surface area (TPSA) is 76.1 Å². The number of nitrogens with one attached hydrogen (secondary N) is 1. The molecule has 1 amide bonds. The molecule has 0 fully saturated rings. The van der Waals surface area contributed by atoms with E-state index in [1.165, 1.54) is 17.5 Å². The van der Waals surface area contributed by atoms with E-state index in [2.05, 4.69) is 9.71 Å². The van der Waals surface area contributed by atoms with Crippen molar-refractivity contribution in [1.82, 2.24) is 9.71 Å². The molecule has 0 spiro atoms. The third-order valence-corrected chi connectivity index (χ3v) is 5.20. The largest absolute Gasteiger partial charge is 0.268 e. The number of sulfonamides is 1. The second-order valence-corrected chi connectivity index (χ2v) is 7.57. The highest BCUT2D eigenvalue weighted by molar-refractivity contribution is 7.90. The second kappa shape index (κ2) is 5.34. The maximum absolute atomic E-state index is 12.2. The maximum atomic E-state index is 12.2. The van der Waals surface area contributed by atoms with Gasteiger partial charge in [0.15, 0.2) is 0 Å². The smallest absolute Gasteiger partial charge is 0.266 e. The standard InChI is InChI=1S/C13H14N2O3S2/c1-8-4-11(7-14-6-8)13(16)15-20(17,18)12-5-9(2)19-10(12)3/h4-7H,1-3H3,(H,15,16). The zero-order valence-corrected chi connectivity index (χ0v) is 12.9. The van der Waals surface area contributed by atoms with Gasteiger partial charge in [-0.3, -0.25) is 9.78 Å². The fourth-order valence-corrected chi connectivity index (χ4v) is 4.32. The molecule has 2 aromatic heterocycles. The summed E-state index contributed by atoms with van der Waals surface area (Å²) in [4.78, 5) is 17.5. The van der Waals surface area contributed by atoms with E-state index in [1.54, 1.807) is 32.2 Å². The summed E-state index contributed by atoms with van der Waals surface area (Å²) in [6.45, 7) is 5.32. The van der Waals surface area contributed by atoms with Crippen molar-refractivity contribution in [3.63, 3.8) is 0 Å². The van der Waals surface area contributed by atoms with Crippen LogP contribution in [0.4, 0.5) is 0 Å². The number of rotatable bonds is 3. The van der Waals surface area contributed by atoms with Crippen molar-refractivity contribution in [2.75, 3.05) is 0 Å². The summed E-state index contributed by atoms with van der Waals surface area (Å²) in [5.41, 5.74) is 1.01. The Kier molecular flexibility index (Phi) is 3.92. The zero-order chi connectivity index (χ0) is 14.9. The first-order valence-electron chi connectivity index (χ1n) is 5.85. The van der Waals surface area contributed by atoms with E-state index in [0.717, 1.165) is 10.4 Å². The molecule has 2 heterocycles. The van der Waals surface area contributed by atoms with Gasteiger partial charge in [0, 0.05) is 22.1 Å². The molecule has 7 heteroatoms. The molecule has 2 aromatic rings. The molecule has 1 N–H and O–H groups in total. The first kappa shape index (κ1) is 14.7. The molecule has 0 saturated heterocycles. The summed E-state index contributed by atoms with van der Waals surface area (Å²) >= 11 is 1.38. The Labute approximate surface area is 121 Å². The van der Waals surface area contributed by atoms with E-state index in [4.69, 9.17) is 0 Å². The summed E-state index contributed by atoms with van der Waals surface area (Å²) in [7, 11) is -3.85. The number of hydrogen-bond donors (Lipinski definition) is 1. The number of thiophene rings is 1. The van der Waals surface area contributed by atoms with Gasteiger partial charge >= 0.3 is 0 Å². The van der Waals surface area contributed by atoms with Crippen molar-refractivity contribution in [1.29, 1.82) is 0 Å². The van der Waals surface area contributed by atoms with Crippen LogP contribution in [0.2, 0.25) is 0 Å². The van der Waals surface area contributed by atoms with Crippen LogP contribution in [0, 0.1) is 20.8 Å². The lowest BCUT2D eigenvalue weighted by atomic mass is 10.2. The fraction of sp³-hybridized carbons (Fsp3) is 0.231. The van der Waals surface area contributed by atoms with E-state index in [0.29, 0.717) is 4.88 Å². The number of amides is 1. The SMILES string of the molecule is Cc1cncc(C(=O)NS(=O)(=O)c2cc(C)sc2C)c1. The average Bonchev–Trinajstić information content (AvgIpc) is 2.69. The van der Waals surface area contributed by atoms with Gasteiger partial charge in [0.2, 0.25) is 0 Å². The lowest BCUT2D eigenvalue weighted by Crippen LogP contribution is -2.30. The fourth-order valence-electron chi connectivity index (χ4n) is 1.79. The molecule has 0 atom stereocenters. The van der Waals surface area contributed by atoms with E-state index < -0.39 is 15.9 Å². The maximum Gasteiger partial charge on any atom is 0.266 e. The van der Waals surface area contributed by atoms with Gasteiger partial charge in [-0.25, -0.2) is 13.1 Å². The van der Waals surface area contributed by atoms with Gasteiger partial charge in [0.05, 0.1) is 5.56 Å². The third kappa shape index (κ3) is 3.05. The predicted molar refractivity (Wildman–Crippen MR) is 77.4 cm³/mol. The number of carbonyl (C=O) groups excluding carboxylic acids is 1. The number of aryl methyl sites for hydroxylation is 3. The molecule has 20 heavy (non-hydrogen) atoms. The van der Waals surface area contributed by atoms with Crippen LogP contribution in [-0.4, -0.2) is 19.3 Å². The van der Waals surface area contributed by atoms with Crippen molar-refractivity contribution >= 4 is 27.3 Å². The van der Waals surface area contributed by atoms with Gasteiger partial charge in [-0.15, -0.1) is 11.3 Å². The van der Waals surface area contributed by atoms with E-state index >= 15 is 0 Å². The van der Waals surface area contributed by atoms with Crippen LogP contribution in [0.5, 0.6) is 0 Å². The Balaban J connectivity index is 2.29. The molecule has 0 aliphatic carbocycles. The Hall–Kier alpha value is -1.73. The number of carbonyl (C=O) groups is 1. The van der Waals surface area contributed by atoms with Gasteiger partial charge in [-0.2, -0.15) is 0 Å². The molecular formula is C13H14N2O3S2. The Morgan fingerprint density at radius 2 is 1.90 bits per heavy atom. The van der Waals surface area contributed by atoms with Gasteiger partial charge in [-0.05, 0) is 38.5 Å². The summed E-state index contributed by atoms with van der Waals surface area (Å²) in [6, 6.07) is 3.15. The molecule has 0 unspecified atom stereocenters. The monoisotopic (exact) mass is 310 g/mol. The van der Waals surface area contributed by atoms with Crippen LogP contribution >= 0.6 is 11.3 Å². The van der Waals surface area contributed by atoms with Gasteiger partial charge in [0.25, 0.3) is 15.9 Å². The summed E-state index contributed by atoms with van der Waals surface area (Å²) in [5.74, 6) is -0.676. The molecule has 0 aliphatic rings. The van der Waals surface area contributed by atoms with E-state index in [9.17, 15) is 13.2 Å². The molecule has 0 radical (unpaired) electrons. The van der Waals surface area contributed by atoms with Crippen LogP contribution in [0.15, 0.2) is 29.4 Å². The van der Waals surface area contributed by atoms with Crippen LogP contribution in [0.1, 0.15) is 25.7 Å². The number of nitrogens with zero attached hydrogens (tertiary/aromatic N) is 1. The van der Waals surface area contributed by atoms with Crippen molar-refractivity contribution in [3.8, 4) is 0 Å². The number of aromatic nitrogens is 1. The van der Waals surface area contributed by atoms with Crippen LogP contribution in [-0.2, 0) is 10.0 Å². The Morgan fingerprint density at radius 1 is 1.20 bits per heavy atom. The van der Waals surface area contributed by atoms with Gasteiger partial charge < -0.3 is 0 Å². The Morgan fingerprint density at radius 3 is 2.45 bits per heavy atom. The molecule has 0 aromatic carbocycles. The second-order valence-electron chi connectivity index (χ2n) is 4.46. The highest BCUT2D eigenvalue weighted by atomic mass is 32.2. The minimum Gasteiger partial charge on any atom is -0.268 e. The highest BCUT2D eigenvalue weighted by Crippen LogP contribution is 2.24. The zero-order valence-electron chi connectivity index (χ0n) is 11.3. The molecular weight excluding hydrogens is 296 g/mol. The number of pyridine rings is 1. The lowest BCUT2D eigenvalue weighted by molar-refractivity contribution is 0.0981. The molecule has 0 saturated carbocycles. The molecule has 0 bridgehead atoms. The quantitative estimate of drug-likeness (QED) is 0.943. The van der Waals surface area contributed by atoms with Crippen LogP contribution in [0.25, 0.3) is 0 Å². The van der Waals surface area contributed by atoms with Crippen molar-refractivity contribution in [3.05, 3.63) is 45.4 Å². The summed E-state index contributed by atoms with van der Waals surface area (Å²) < 4.78 is 26.4. The minimum absolute atomic E-state index is 0.147. The minimum atomic E-state index is -3.85. The normalized spacial score (nSPS) is 11.3. The predicted octanol–water partition coefficient (Wildman–Crippen LogP) is 2.19. The highest BCUT2D eigenvalue weighted by Gasteiger charge is 2.22. The number of hydrogen-bond acceptors (Lipinski definition) is 5. The molecule has 0 aliphatic heterocycles. The van der Waals surface area contributed by atoms with Crippen LogP contribution in [0.3, 0.4) is 0 Å². The summed E-state index contributed by atoms with van der Waals surface area (Å²) in [5, 5.41) is 0. The van der Waals surface area contributed by atoms with E-state index in [1.807, 2.05) is 6.92 Å². The average molecular weight is 310 g/mol. The molecule has 2 rings (SSSR count). The van der Waals surface area contributed by atoms with Crippen molar-refractivity contribution < 1.29 is 13.2 Å². The van der Waals surface area contributed by atoms with Crippen LogP contribution < -0.4 is 4.72 Å². The molecule has 5 nitrogen and oxygen atoms in total. The Bertz CT molecular complexity index is 764. The van der Waals surface area contributed by atoms with E-state index in [-0.39, 0.29) is 10.5 Å². The van der Waals surface area contributed by atoms with Gasteiger partial charge in [0.1, 0.15) is 4.90 Å². The van der Waals surface area contributed by atoms with Crippen molar-refractivity contribution in [2.24, 2.45) is 0 Å².